The molecule has 2 aromatic rings. The molecule has 0 spiro atoms. The van der Waals surface area contributed by atoms with Crippen LogP contribution in [0.2, 0.25) is 0 Å². The fourth-order valence-corrected chi connectivity index (χ4v) is 3.04. The highest BCUT2D eigenvalue weighted by Crippen LogP contribution is 2.19. The molecule has 1 heterocycles. The molecule has 0 atom stereocenters. The van der Waals surface area contributed by atoms with Crippen LogP contribution in [0, 0.1) is 0 Å². The molecule has 1 fully saturated rings. The number of nitrogens with two attached hydrogens (primary N) is 1. The molecular formula is C18H21N3O4. The lowest BCUT2D eigenvalue weighted by Gasteiger charge is -2.36. The van der Waals surface area contributed by atoms with Crippen LogP contribution in [0.3, 0.4) is 0 Å². The molecule has 0 saturated carbocycles. The number of Topliss-reactive ketones (excluding diaryl/α,β-unsaturated/α-hetero) is 1. The third kappa shape index (κ3) is 3.41. The van der Waals surface area contributed by atoms with Crippen molar-refractivity contribution in [2.75, 3.05) is 50.0 Å². The maximum atomic E-state index is 12.4. The first-order chi connectivity index (χ1) is 12.0. The Labute approximate surface area is 145 Å². The number of rotatable bonds is 6. The van der Waals surface area contributed by atoms with Gasteiger partial charge in [-0.25, -0.2) is 0 Å². The molecule has 0 aliphatic carbocycles. The van der Waals surface area contributed by atoms with Gasteiger partial charge in [-0.05, 0) is 31.2 Å². The van der Waals surface area contributed by atoms with E-state index in [1.807, 2.05) is 16.7 Å². The number of hydrogen-bond donors (Lipinski definition) is 1. The highest BCUT2D eigenvalue weighted by molar-refractivity contribution is 5.97. The van der Waals surface area contributed by atoms with E-state index < -0.39 is 10.9 Å². The number of benzene rings is 1. The van der Waals surface area contributed by atoms with E-state index in [4.69, 9.17) is 10.5 Å². The molecule has 132 valence electrons. The Kier molecular flexibility index (Phi) is 4.85. The first kappa shape index (κ1) is 17.2. The van der Waals surface area contributed by atoms with Crippen LogP contribution in [0.25, 0.3) is 0 Å². The Morgan fingerprint density at radius 2 is 1.72 bits per heavy atom. The van der Waals surface area contributed by atoms with E-state index in [0.29, 0.717) is 50.6 Å². The van der Waals surface area contributed by atoms with Crippen molar-refractivity contribution in [1.82, 2.24) is 4.90 Å². The Morgan fingerprint density at radius 1 is 1.08 bits per heavy atom. The van der Waals surface area contributed by atoms with Gasteiger partial charge in [0.15, 0.2) is 5.78 Å². The molecule has 2 N–H and O–H groups in total. The molecule has 0 aromatic heterocycles. The average Bonchev–Trinajstić information content (AvgIpc) is 2.64. The lowest BCUT2D eigenvalue weighted by molar-refractivity contribution is 0.0926. The zero-order valence-corrected chi connectivity index (χ0v) is 14.2. The van der Waals surface area contributed by atoms with Crippen LogP contribution in [-0.4, -0.2) is 50.0 Å². The summed E-state index contributed by atoms with van der Waals surface area (Å²) in [6.45, 7) is 5.25. The van der Waals surface area contributed by atoms with E-state index in [9.17, 15) is 14.4 Å². The zero-order valence-electron chi connectivity index (χ0n) is 14.2. The molecule has 0 unspecified atom stereocenters. The van der Waals surface area contributed by atoms with Gasteiger partial charge < -0.3 is 15.4 Å². The van der Waals surface area contributed by atoms with Gasteiger partial charge in [0.1, 0.15) is 17.1 Å². The van der Waals surface area contributed by atoms with Crippen molar-refractivity contribution in [3.63, 3.8) is 0 Å². The van der Waals surface area contributed by atoms with Gasteiger partial charge in [0, 0.05) is 31.7 Å². The average molecular weight is 343 g/mol. The molecule has 2 aromatic carbocycles. The predicted octanol–water partition coefficient (Wildman–Crippen LogP) is 0.268. The van der Waals surface area contributed by atoms with Crippen molar-refractivity contribution in [3.8, 4) is 5.75 Å². The second kappa shape index (κ2) is 7.06. The number of hydrogen-bond acceptors (Lipinski definition) is 7. The lowest BCUT2D eigenvalue weighted by atomic mass is 10.1. The standard InChI is InChI=1S/C18H21N3O4/c1-2-25-13-5-3-12(4-6-13)14(22)11-20-7-9-21(10-8-20)16-15(19)17(23)18(16)24/h3-6H,2,7-11,19H2,1H3. The molecule has 1 saturated heterocycles. The smallest absolute Gasteiger partial charge is 0.253 e. The summed E-state index contributed by atoms with van der Waals surface area (Å²) in [7, 11) is 0. The molecule has 3 rings (SSSR count). The number of anilines is 2. The summed E-state index contributed by atoms with van der Waals surface area (Å²) >= 11 is 0. The summed E-state index contributed by atoms with van der Waals surface area (Å²) in [5.41, 5.74) is 5.55. The number of ether oxygens (including phenoxy) is 1. The van der Waals surface area contributed by atoms with E-state index in [-0.39, 0.29) is 11.5 Å². The van der Waals surface area contributed by atoms with E-state index in [2.05, 4.69) is 0 Å². The van der Waals surface area contributed by atoms with Crippen LogP contribution < -0.4 is 26.2 Å². The van der Waals surface area contributed by atoms with Crippen LogP contribution in [0.15, 0.2) is 33.9 Å². The van der Waals surface area contributed by atoms with Crippen molar-refractivity contribution in [2.24, 2.45) is 0 Å². The highest BCUT2D eigenvalue weighted by atomic mass is 16.5. The molecule has 1 aliphatic rings. The summed E-state index contributed by atoms with van der Waals surface area (Å²) in [5.74, 6) is 0.795. The van der Waals surface area contributed by atoms with Gasteiger partial charge in [0.05, 0.1) is 13.2 Å². The summed E-state index contributed by atoms with van der Waals surface area (Å²) in [4.78, 5) is 39.1. The second-order valence-electron chi connectivity index (χ2n) is 6.06. The largest absolute Gasteiger partial charge is 0.494 e. The normalized spacial score (nSPS) is 15.5. The first-order valence-electron chi connectivity index (χ1n) is 8.33. The SMILES string of the molecule is CCOc1ccc(C(=O)CN2CCN(c3c(N)c(=O)c3=O)CC2)cc1. The Balaban J connectivity index is 1.54. The minimum Gasteiger partial charge on any atom is -0.494 e. The minimum absolute atomic E-state index is 0.0464. The predicted molar refractivity (Wildman–Crippen MR) is 96.4 cm³/mol. The Morgan fingerprint density at radius 3 is 2.28 bits per heavy atom. The van der Waals surface area contributed by atoms with Crippen LogP contribution >= 0.6 is 0 Å². The molecule has 0 bridgehead atoms. The van der Waals surface area contributed by atoms with Gasteiger partial charge in [-0.15, -0.1) is 0 Å². The van der Waals surface area contributed by atoms with E-state index in [0.717, 1.165) is 5.75 Å². The van der Waals surface area contributed by atoms with Gasteiger partial charge in [-0.2, -0.15) is 0 Å². The third-order valence-electron chi connectivity index (χ3n) is 4.46. The number of nitrogen functional groups attached to an aromatic ring is 1. The Bertz CT molecular complexity index is 829. The van der Waals surface area contributed by atoms with Crippen molar-refractivity contribution in [1.29, 1.82) is 0 Å². The van der Waals surface area contributed by atoms with Gasteiger partial charge in [0.25, 0.3) is 10.9 Å². The van der Waals surface area contributed by atoms with Crippen LogP contribution in [0.5, 0.6) is 5.75 Å². The summed E-state index contributed by atoms with van der Waals surface area (Å²) in [6, 6.07) is 7.13. The van der Waals surface area contributed by atoms with Crippen molar-refractivity contribution >= 4 is 17.2 Å². The molecule has 1 aliphatic heterocycles. The fraction of sp³-hybridized carbons (Fsp3) is 0.389. The lowest BCUT2D eigenvalue weighted by Crippen LogP contribution is -2.52. The number of carbonyl (C=O) groups is 1. The molecule has 7 heteroatoms. The minimum atomic E-state index is -0.594. The quantitative estimate of drug-likeness (QED) is 0.594. The van der Waals surface area contributed by atoms with Gasteiger partial charge in [-0.3, -0.25) is 19.3 Å². The van der Waals surface area contributed by atoms with Crippen LogP contribution in [0.1, 0.15) is 17.3 Å². The molecule has 0 radical (unpaired) electrons. The fourth-order valence-electron chi connectivity index (χ4n) is 3.04. The maximum Gasteiger partial charge on any atom is 0.253 e. The monoisotopic (exact) mass is 343 g/mol. The summed E-state index contributed by atoms with van der Waals surface area (Å²) < 4.78 is 5.37. The number of piperazine rings is 1. The third-order valence-corrected chi connectivity index (χ3v) is 4.46. The molecular weight excluding hydrogens is 322 g/mol. The van der Waals surface area contributed by atoms with Crippen LogP contribution in [-0.2, 0) is 0 Å². The second-order valence-corrected chi connectivity index (χ2v) is 6.06. The summed E-state index contributed by atoms with van der Waals surface area (Å²) in [6.07, 6.45) is 0. The molecule has 25 heavy (non-hydrogen) atoms. The first-order valence-corrected chi connectivity index (χ1v) is 8.33. The summed E-state index contributed by atoms with van der Waals surface area (Å²) in [5, 5.41) is 0. The van der Waals surface area contributed by atoms with Gasteiger partial charge in [-0.1, -0.05) is 0 Å². The van der Waals surface area contributed by atoms with Crippen molar-refractivity contribution in [3.05, 3.63) is 50.3 Å². The van der Waals surface area contributed by atoms with Gasteiger partial charge >= 0.3 is 0 Å². The number of carbonyl (C=O) groups excluding carboxylic acids is 1. The van der Waals surface area contributed by atoms with E-state index in [1.54, 1.807) is 24.3 Å². The molecule has 7 nitrogen and oxygen atoms in total. The Hall–Kier alpha value is -2.67. The van der Waals surface area contributed by atoms with Crippen LogP contribution in [0.4, 0.5) is 11.4 Å². The van der Waals surface area contributed by atoms with E-state index >= 15 is 0 Å². The van der Waals surface area contributed by atoms with E-state index in [1.165, 1.54) is 0 Å². The van der Waals surface area contributed by atoms with Crippen molar-refractivity contribution in [2.45, 2.75) is 6.92 Å². The number of nitrogens with zero attached hydrogens (tertiary/aromatic N) is 2. The zero-order chi connectivity index (χ0) is 18.0. The maximum absolute atomic E-state index is 12.4. The topological polar surface area (TPSA) is 92.9 Å². The van der Waals surface area contributed by atoms with Gasteiger partial charge in [0.2, 0.25) is 0 Å². The highest BCUT2D eigenvalue weighted by Gasteiger charge is 2.27. The number of ketones is 1. The molecule has 0 amide bonds. The van der Waals surface area contributed by atoms with Crippen molar-refractivity contribution < 1.29 is 9.53 Å².